The highest BCUT2D eigenvalue weighted by atomic mass is 16.3. The summed E-state index contributed by atoms with van der Waals surface area (Å²) in [5, 5.41) is 9.62. The molecule has 11 aromatic carbocycles. The lowest BCUT2D eigenvalue weighted by molar-refractivity contribution is 0.670. The fourth-order valence-electron chi connectivity index (χ4n) is 10.3. The van der Waals surface area contributed by atoms with Gasteiger partial charge in [-0.1, -0.05) is 188 Å². The first-order valence-electron chi connectivity index (χ1n) is 22.3. The molecule has 0 aliphatic rings. The summed E-state index contributed by atoms with van der Waals surface area (Å²) in [7, 11) is 0. The number of fused-ring (bicyclic) bond motifs is 9. The Hall–Kier alpha value is -8.66. The highest BCUT2D eigenvalue weighted by Gasteiger charge is 2.24. The first kappa shape index (κ1) is 36.9. The maximum absolute atomic E-state index is 6.73. The van der Waals surface area contributed by atoms with E-state index in [0.29, 0.717) is 0 Å². The molecule has 0 aliphatic heterocycles. The minimum Gasteiger partial charge on any atom is -0.455 e. The molecule has 0 saturated carbocycles. The van der Waals surface area contributed by atoms with E-state index in [9.17, 15) is 0 Å². The molecule has 65 heavy (non-hydrogen) atoms. The molecule has 2 aromatic heterocycles. The zero-order valence-electron chi connectivity index (χ0n) is 35.4. The molecule has 13 aromatic rings. The van der Waals surface area contributed by atoms with Gasteiger partial charge in [0.2, 0.25) is 0 Å². The van der Waals surface area contributed by atoms with Crippen molar-refractivity contribution < 1.29 is 4.42 Å². The number of anilines is 3. The molecular weight excluding hydrogens is 789 g/mol. The van der Waals surface area contributed by atoms with E-state index in [2.05, 4.69) is 246 Å². The molecule has 0 fully saturated rings. The summed E-state index contributed by atoms with van der Waals surface area (Å²) >= 11 is 0. The highest BCUT2D eigenvalue weighted by molar-refractivity contribution is 6.16. The normalized spacial score (nSPS) is 11.7. The number of hydrogen-bond donors (Lipinski definition) is 0. The van der Waals surface area contributed by atoms with Gasteiger partial charge in [0.05, 0.1) is 28.1 Å². The van der Waals surface area contributed by atoms with Crippen LogP contribution in [0, 0.1) is 0 Å². The lowest BCUT2D eigenvalue weighted by Gasteiger charge is -2.30. The largest absolute Gasteiger partial charge is 0.455 e. The van der Waals surface area contributed by atoms with E-state index in [-0.39, 0.29) is 0 Å². The number of benzene rings is 11. The second kappa shape index (κ2) is 15.0. The molecule has 0 saturated heterocycles. The van der Waals surface area contributed by atoms with Crippen LogP contribution < -0.4 is 4.90 Å². The van der Waals surface area contributed by atoms with Gasteiger partial charge in [0, 0.05) is 49.5 Å². The van der Waals surface area contributed by atoms with E-state index in [0.717, 1.165) is 72.5 Å². The number of aromatic nitrogens is 1. The third-order valence-electron chi connectivity index (χ3n) is 13.2. The Morgan fingerprint density at radius 3 is 1.60 bits per heavy atom. The van der Waals surface area contributed by atoms with Gasteiger partial charge in [0.15, 0.2) is 0 Å². The summed E-state index contributed by atoms with van der Waals surface area (Å²) in [6, 6.07) is 87.8. The monoisotopic (exact) mass is 828 g/mol. The molecule has 2 heterocycles. The Labute approximate surface area is 376 Å². The summed E-state index contributed by atoms with van der Waals surface area (Å²) in [5.74, 6) is 0. The van der Waals surface area contributed by atoms with E-state index < -0.39 is 0 Å². The third-order valence-corrected chi connectivity index (χ3v) is 13.2. The maximum atomic E-state index is 6.73. The quantitative estimate of drug-likeness (QED) is 0.149. The van der Waals surface area contributed by atoms with Gasteiger partial charge in [0.25, 0.3) is 0 Å². The molecule has 0 bridgehead atoms. The van der Waals surface area contributed by atoms with Gasteiger partial charge in [-0.15, -0.1) is 0 Å². The molecule has 304 valence electrons. The number of furan rings is 1. The molecule has 0 atom stereocenters. The standard InChI is InChI=1S/C62H40N2O/c1-2-22-44-42(19-1)40-55(47-25-4-3-24-46(44)47)51-29-9-13-35-58(51)63(57-34-12-8-28-50(57)53-31-18-32-54-52-30-10-16-38-61(52)65-62(53)54)43-21-17-20-41(39-43)45-23-5-11-33-56(45)64-59-36-14-6-26-48(59)49-27-7-15-37-60(49)64/h1-40H. The predicted molar refractivity (Wildman–Crippen MR) is 274 cm³/mol. The molecule has 0 radical (unpaired) electrons. The van der Waals surface area contributed by atoms with Gasteiger partial charge in [0.1, 0.15) is 11.2 Å². The van der Waals surface area contributed by atoms with Crippen molar-refractivity contribution in [1.29, 1.82) is 0 Å². The molecule has 0 spiro atoms. The van der Waals surface area contributed by atoms with Crippen LogP contribution in [0.5, 0.6) is 0 Å². The minimum absolute atomic E-state index is 0.878. The number of nitrogens with zero attached hydrogens (tertiary/aromatic N) is 2. The Balaban J connectivity index is 1.07. The van der Waals surface area contributed by atoms with Crippen LogP contribution in [0.3, 0.4) is 0 Å². The van der Waals surface area contributed by atoms with Crippen LogP contribution in [0.4, 0.5) is 17.1 Å². The lowest BCUT2D eigenvalue weighted by atomic mass is 9.91. The van der Waals surface area contributed by atoms with Gasteiger partial charge >= 0.3 is 0 Å². The summed E-state index contributed by atoms with van der Waals surface area (Å²) < 4.78 is 9.16. The second-order valence-corrected chi connectivity index (χ2v) is 16.8. The number of para-hydroxylation sites is 7. The Morgan fingerprint density at radius 1 is 0.323 bits per heavy atom. The van der Waals surface area contributed by atoms with E-state index in [1.165, 1.54) is 48.9 Å². The average molecular weight is 829 g/mol. The molecule has 3 heteroatoms. The Kier molecular flexibility index (Phi) is 8.53. The summed E-state index contributed by atoms with van der Waals surface area (Å²) in [5.41, 5.74) is 15.1. The molecule has 0 amide bonds. The summed E-state index contributed by atoms with van der Waals surface area (Å²) in [6.07, 6.45) is 0. The smallest absolute Gasteiger partial charge is 0.143 e. The fourth-order valence-corrected chi connectivity index (χ4v) is 10.3. The van der Waals surface area contributed by atoms with E-state index in [1.54, 1.807) is 0 Å². The number of rotatable bonds is 7. The van der Waals surface area contributed by atoms with Gasteiger partial charge in [-0.2, -0.15) is 0 Å². The van der Waals surface area contributed by atoms with Crippen molar-refractivity contribution in [1.82, 2.24) is 4.57 Å². The first-order valence-corrected chi connectivity index (χ1v) is 22.3. The van der Waals surface area contributed by atoms with Crippen molar-refractivity contribution in [3.63, 3.8) is 0 Å². The predicted octanol–water partition coefficient (Wildman–Crippen LogP) is 17.5. The Bertz CT molecular complexity index is 3930. The van der Waals surface area contributed by atoms with Gasteiger partial charge in [-0.3, -0.25) is 0 Å². The van der Waals surface area contributed by atoms with Gasteiger partial charge < -0.3 is 13.9 Å². The van der Waals surface area contributed by atoms with Crippen LogP contribution in [0.15, 0.2) is 247 Å². The minimum atomic E-state index is 0.878. The van der Waals surface area contributed by atoms with Crippen LogP contribution in [0.25, 0.3) is 104 Å². The van der Waals surface area contributed by atoms with E-state index in [1.807, 2.05) is 6.07 Å². The Morgan fingerprint density at radius 2 is 0.846 bits per heavy atom. The molecule has 0 unspecified atom stereocenters. The average Bonchev–Trinajstić information content (AvgIpc) is 3.93. The first-order chi connectivity index (χ1) is 32.3. The summed E-state index contributed by atoms with van der Waals surface area (Å²) in [4.78, 5) is 2.46. The molecule has 0 aliphatic carbocycles. The maximum Gasteiger partial charge on any atom is 0.143 e. The van der Waals surface area contributed by atoms with Crippen molar-refractivity contribution in [2.24, 2.45) is 0 Å². The molecule has 0 N–H and O–H groups in total. The van der Waals surface area contributed by atoms with E-state index >= 15 is 0 Å². The molecular formula is C62H40N2O. The number of hydrogen-bond acceptors (Lipinski definition) is 2. The van der Waals surface area contributed by atoms with Crippen LogP contribution in [0.2, 0.25) is 0 Å². The zero-order chi connectivity index (χ0) is 42.8. The summed E-state index contributed by atoms with van der Waals surface area (Å²) in [6.45, 7) is 0. The van der Waals surface area contributed by atoms with Crippen molar-refractivity contribution in [3.8, 4) is 39.1 Å². The fraction of sp³-hybridized carbons (Fsp3) is 0. The molecule has 3 nitrogen and oxygen atoms in total. The zero-order valence-corrected chi connectivity index (χ0v) is 35.4. The van der Waals surface area contributed by atoms with Crippen molar-refractivity contribution in [2.45, 2.75) is 0 Å². The van der Waals surface area contributed by atoms with Crippen molar-refractivity contribution >= 4 is 82.4 Å². The van der Waals surface area contributed by atoms with Gasteiger partial charge in [-0.25, -0.2) is 0 Å². The van der Waals surface area contributed by atoms with Crippen LogP contribution in [-0.2, 0) is 0 Å². The SMILES string of the molecule is c1cc(-c2ccccc2-n2c3ccccc3c3ccccc32)cc(N(c2ccccc2-c2cc3ccccc3c3ccccc23)c2ccccc2-c2cccc3c2oc2ccccc23)c1. The van der Waals surface area contributed by atoms with Crippen LogP contribution in [-0.4, -0.2) is 4.57 Å². The van der Waals surface area contributed by atoms with E-state index in [4.69, 9.17) is 4.42 Å². The third kappa shape index (κ3) is 5.90. The topological polar surface area (TPSA) is 21.3 Å². The van der Waals surface area contributed by atoms with Crippen LogP contribution >= 0.6 is 0 Å². The van der Waals surface area contributed by atoms with Crippen LogP contribution in [0.1, 0.15) is 0 Å². The second-order valence-electron chi connectivity index (χ2n) is 16.8. The van der Waals surface area contributed by atoms with Crippen molar-refractivity contribution in [3.05, 3.63) is 243 Å². The van der Waals surface area contributed by atoms with Gasteiger partial charge in [-0.05, 0) is 87.3 Å². The lowest BCUT2D eigenvalue weighted by Crippen LogP contribution is -2.12. The van der Waals surface area contributed by atoms with Crippen molar-refractivity contribution in [2.75, 3.05) is 4.90 Å². The molecule has 13 rings (SSSR count). The highest BCUT2D eigenvalue weighted by Crippen LogP contribution is 2.49.